The Labute approximate surface area is 115 Å². The van der Waals surface area contributed by atoms with Crippen molar-refractivity contribution in [1.82, 2.24) is 0 Å². The molecule has 0 atom stereocenters. The zero-order valence-corrected chi connectivity index (χ0v) is 11.2. The molecular weight excluding hydrogens is 286 g/mol. The maximum Gasteiger partial charge on any atom is 0.140 e. The van der Waals surface area contributed by atoms with Gasteiger partial charge in [0.15, 0.2) is 0 Å². The standard InChI is InChI=1S/C13H11F2N2O2S/c14-10-3-1-2-4-12(10)17-20(18,19)13-7-9(8-16)5-6-11(13)15/h1-7H,8,16H2/q-1/p+1. The minimum Gasteiger partial charge on any atom is -0.570 e. The van der Waals surface area contributed by atoms with Crippen molar-refractivity contribution >= 4 is 15.7 Å². The third kappa shape index (κ3) is 2.94. The van der Waals surface area contributed by atoms with Crippen molar-refractivity contribution in [1.29, 1.82) is 0 Å². The van der Waals surface area contributed by atoms with Gasteiger partial charge in [0.2, 0.25) is 0 Å². The average Bonchev–Trinajstić information content (AvgIpc) is 2.41. The SMILES string of the molecule is [NH3+]Cc1ccc(F)c(S(=O)(=O)[N-]c2ccccc2F)c1. The molecule has 0 aliphatic heterocycles. The fraction of sp³-hybridized carbons (Fsp3) is 0.0769. The summed E-state index contributed by atoms with van der Waals surface area (Å²) in [5.41, 5.74) is 3.79. The Morgan fingerprint density at radius 1 is 1.05 bits per heavy atom. The summed E-state index contributed by atoms with van der Waals surface area (Å²) in [5, 5.41) is 0. The molecule has 0 saturated carbocycles. The molecule has 0 aromatic heterocycles. The largest absolute Gasteiger partial charge is 0.570 e. The molecule has 2 rings (SSSR count). The van der Waals surface area contributed by atoms with Crippen LogP contribution in [0.2, 0.25) is 0 Å². The Hall–Kier alpha value is -1.99. The number of hydrogen-bond donors (Lipinski definition) is 1. The van der Waals surface area contributed by atoms with Gasteiger partial charge in [0.25, 0.3) is 0 Å². The van der Waals surface area contributed by atoms with E-state index < -0.39 is 26.6 Å². The molecule has 0 radical (unpaired) electrons. The van der Waals surface area contributed by atoms with Gasteiger partial charge >= 0.3 is 0 Å². The van der Waals surface area contributed by atoms with Crippen LogP contribution in [-0.4, -0.2) is 8.42 Å². The van der Waals surface area contributed by atoms with Crippen LogP contribution in [0.25, 0.3) is 4.72 Å². The third-order valence-corrected chi connectivity index (χ3v) is 3.94. The van der Waals surface area contributed by atoms with E-state index in [1.165, 1.54) is 24.3 Å². The third-order valence-electron chi connectivity index (χ3n) is 2.63. The van der Waals surface area contributed by atoms with Gasteiger partial charge in [0.1, 0.15) is 21.7 Å². The van der Waals surface area contributed by atoms with Gasteiger partial charge in [-0.2, -0.15) is 0 Å². The molecular formula is C13H12F2N2O2S. The minimum absolute atomic E-state index is 0.308. The van der Waals surface area contributed by atoms with Crippen molar-refractivity contribution in [2.45, 2.75) is 11.4 Å². The summed E-state index contributed by atoms with van der Waals surface area (Å²) in [6, 6.07) is 8.76. The van der Waals surface area contributed by atoms with Gasteiger partial charge in [-0.15, -0.1) is 0 Å². The smallest absolute Gasteiger partial charge is 0.140 e. The monoisotopic (exact) mass is 298 g/mol. The molecule has 2 aromatic rings. The van der Waals surface area contributed by atoms with Crippen molar-refractivity contribution in [2.24, 2.45) is 0 Å². The zero-order valence-electron chi connectivity index (χ0n) is 10.4. The summed E-state index contributed by atoms with van der Waals surface area (Å²) in [4.78, 5) is -0.582. The maximum absolute atomic E-state index is 13.7. The lowest BCUT2D eigenvalue weighted by molar-refractivity contribution is -0.386. The van der Waals surface area contributed by atoms with Gasteiger partial charge in [0.05, 0.1) is 11.4 Å². The van der Waals surface area contributed by atoms with E-state index in [0.717, 1.165) is 18.2 Å². The first kappa shape index (κ1) is 14.4. The molecule has 2 aromatic carbocycles. The first-order valence-corrected chi connectivity index (χ1v) is 7.18. The van der Waals surface area contributed by atoms with Crippen molar-refractivity contribution in [3.05, 3.63) is 64.4 Å². The van der Waals surface area contributed by atoms with E-state index in [-0.39, 0.29) is 5.69 Å². The first-order valence-electron chi connectivity index (χ1n) is 5.74. The lowest BCUT2D eigenvalue weighted by Crippen LogP contribution is -2.47. The highest BCUT2D eigenvalue weighted by Crippen LogP contribution is 2.31. The van der Waals surface area contributed by atoms with Crippen LogP contribution in [0.5, 0.6) is 0 Å². The van der Waals surface area contributed by atoms with Gasteiger partial charge in [-0.3, -0.25) is 0 Å². The van der Waals surface area contributed by atoms with Crippen LogP contribution >= 0.6 is 0 Å². The molecule has 4 nitrogen and oxygen atoms in total. The lowest BCUT2D eigenvalue weighted by atomic mass is 10.2. The van der Waals surface area contributed by atoms with Crippen molar-refractivity contribution in [3.8, 4) is 0 Å². The predicted molar refractivity (Wildman–Crippen MR) is 69.6 cm³/mol. The van der Waals surface area contributed by atoms with E-state index in [0.29, 0.717) is 12.1 Å². The Morgan fingerprint density at radius 2 is 1.75 bits per heavy atom. The molecule has 7 heteroatoms. The van der Waals surface area contributed by atoms with Crippen molar-refractivity contribution in [2.75, 3.05) is 0 Å². The number of nitrogens with zero attached hydrogens (tertiary/aromatic N) is 1. The van der Waals surface area contributed by atoms with Crippen LogP contribution in [0.15, 0.2) is 47.4 Å². The van der Waals surface area contributed by atoms with Crippen LogP contribution in [-0.2, 0) is 16.6 Å². The highest BCUT2D eigenvalue weighted by molar-refractivity contribution is 7.94. The molecule has 0 aliphatic carbocycles. The number of hydrogen-bond acceptors (Lipinski definition) is 2. The van der Waals surface area contributed by atoms with Gasteiger partial charge in [-0.25, -0.2) is 17.2 Å². The predicted octanol–water partition coefficient (Wildman–Crippen LogP) is 2.10. The fourth-order valence-corrected chi connectivity index (χ4v) is 2.73. The first-order chi connectivity index (χ1) is 9.44. The number of rotatable bonds is 4. The number of sulfonamides is 1. The highest BCUT2D eigenvalue weighted by Gasteiger charge is 2.13. The highest BCUT2D eigenvalue weighted by atomic mass is 32.2. The summed E-state index contributed by atoms with van der Waals surface area (Å²) in [6.07, 6.45) is 0. The molecule has 0 unspecified atom stereocenters. The molecule has 20 heavy (non-hydrogen) atoms. The van der Waals surface area contributed by atoms with E-state index in [4.69, 9.17) is 0 Å². The fourth-order valence-electron chi connectivity index (χ4n) is 1.61. The Morgan fingerprint density at radius 3 is 2.40 bits per heavy atom. The average molecular weight is 298 g/mol. The summed E-state index contributed by atoms with van der Waals surface area (Å²) < 4.78 is 54.5. The maximum atomic E-state index is 13.7. The quantitative estimate of drug-likeness (QED) is 0.938. The molecule has 0 amide bonds. The van der Waals surface area contributed by atoms with E-state index >= 15 is 0 Å². The molecule has 106 valence electrons. The molecule has 0 spiro atoms. The van der Waals surface area contributed by atoms with E-state index in [1.54, 1.807) is 0 Å². The second-order valence-electron chi connectivity index (χ2n) is 4.03. The molecule has 0 heterocycles. The summed E-state index contributed by atoms with van der Waals surface area (Å²) in [6.45, 7) is 0.308. The number of quaternary nitrogens is 1. The summed E-state index contributed by atoms with van der Waals surface area (Å²) >= 11 is 0. The van der Waals surface area contributed by atoms with Gasteiger partial charge in [-0.1, -0.05) is 30.0 Å². The Bertz CT molecular complexity index is 733. The van der Waals surface area contributed by atoms with Gasteiger partial charge in [-0.05, 0) is 18.2 Å². The van der Waals surface area contributed by atoms with Crippen LogP contribution in [0.3, 0.4) is 0 Å². The molecule has 0 bridgehead atoms. The normalized spacial score (nSPS) is 11.3. The van der Waals surface area contributed by atoms with Crippen LogP contribution < -0.4 is 5.73 Å². The zero-order chi connectivity index (χ0) is 14.8. The van der Waals surface area contributed by atoms with E-state index in [9.17, 15) is 17.2 Å². The Kier molecular flexibility index (Phi) is 4.01. The van der Waals surface area contributed by atoms with E-state index in [1.807, 2.05) is 0 Å². The van der Waals surface area contributed by atoms with E-state index in [2.05, 4.69) is 10.5 Å². The number of benzene rings is 2. The lowest BCUT2D eigenvalue weighted by Gasteiger charge is -2.22. The molecule has 0 aliphatic rings. The van der Waals surface area contributed by atoms with Gasteiger partial charge in [0, 0.05) is 5.56 Å². The minimum atomic E-state index is -4.32. The van der Waals surface area contributed by atoms with Crippen molar-refractivity contribution in [3.63, 3.8) is 0 Å². The van der Waals surface area contributed by atoms with Crippen molar-refractivity contribution < 1.29 is 22.9 Å². The second-order valence-corrected chi connectivity index (χ2v) is 5.61. The molecule has 0 saturated heterocycles. The molecule has 0 fully saturated rings. The summed E-state index contributed by atoms with van der Waals surface area (Å²) in [5.74, 6) is -1.72. The van der Waals surface area contributed by atoms with Crippen LogP contribution in [0.1, 0.15) is 5.56 Å². The van der Waals surface area contributed by atoms with Crippen LogP contribution in [0, 0.1) is 11.6 Å². The summed E-state index contributed by atoms with van der Waals surface area (Å²) in [7, 11) is -4.32. The number of halogens is 2. The van der Waals surface area contributed by atoms with Gasteiger partial charge < -0.3 is 10.5 Å². The van der Waals surface area contributed by atoms with Crippen LogP contribution in [0.4, 0.5) is 14.5 Å². The Balaban J connectivity index is 2.43. The topological polar surface area (TPSA) is 75.9 Å². The molecule has 3 N–H and O–H groups in total. The second kappa shape index (κ2) is 5.56.